The summed E-state index contributed by atoms with van der Waals surface area (Å²) in [6, 6.07) is 5.15. The molecular weight excluding hydrogens is 503 g/mol. The van der Waals surface area contributed by atoms with Gasteiger partial charge in [-0.2, -0.15) is 0 Å². The van der Waals surface area contributed by atoms with Gasteiger partial charge < -0.3 is 0 Å². The van der Waals surface area contributed by atoms with Crippen LogP contribution in [0.15, 0.2) is 40.5 Å². The van der Waals surface area contributed by atoms with Gasteiger partial charge in [-0.3, -0.25) is 0 Å². The molecule has 0 N–H and O–H groups in total. The second-order valence-corrected chi connectivity index (χ2v) is 30.5. The summed E-state index contributed by atoms with van der Waals surface area (Å²) in [7, 11) is 0. The molecule has 1 aromatic carbocycles. The molecule has 0 nitrogen and oxygen atoms in total. The van der Waals surface area contributed by atoms with Gasteiger partial charge in [-0.15, -0.1) is 0 Å². The van der Waals surface area contributed by atoms with Crippen LogP contribution in [-0.2, 0) is 36.0 Å². The van der Waals surface area contributed by atoms with Gasteiger partial charge in [0.15, 0.2) is 0 Å². The Morgan fingerprint density at radius 3 is 1.82 bits per heavy atom. The van der Waals surface area contributed by atoms with Gasteiger partial charge in [-0.25, -0.2) is 0 Å². The van der Waals surface area contributed by atoms with Crippen molar-refractivity contribution in [2.75, 3.05) is 0 Å². The van der Waals surface area contributed by atoms with Crippen molar-refractivity contribution in [1.29, 1.82) is 0 Å². The number of benzene rings is 1. The van der Waals surface area contributed by atoms with Crippen LogP contribution in [-0.4, -0.2) is 0 Å². The Bertz CT molecular complexity index is 956. The van der Waals surface area contributed by atoms with E-state index in [-0.39, 0.29) is 3.17 Å². The Balaban J connectivity index is 1.88. The molecule has 1 heteroatoms. The van der Waals surface area contributed by atoms with Crippen molar-refractivity contribution in [1.82, 2.24) is 0 Å². The van der Waals surface area contributed by atoms with E-state index >= 15 is 0 Å². The summed E-state index contributed by atoms with van der Waals surface area (Å²) in [5.74, 6) is 0. The van der Waals surface area contributed by atoms with Crippen molar-refractivity contribution in [3.05, 3.63) is 62.8 Å². The zero-order valence-electron chi connectivity index (χ0n) is 19.7. The van der Waals surface area contributed by atoms with E-state index in [4.69, 9.17) is 0 Å². The SMILES string of the molecule is CC1=C(C)[C](C)([Hf]([CH3])([CH3])[C]2(C)C=Cc3cc4c(cc32)CC(C)(C)C4)C(C)=C1C. The molecule has 0 fully saturated rings. The fourth-order valence-corrected chi connectivity index (χ4v) is 23.5. The van der Waals surface area contributed by atoms with E-state index in [1.54, 1.807) is 39.0 Å². The Morgan fingerprint density at radius 1 is 0.786 bits per heavy atom. The molecule has 1 atom stereocenters. The molecule has 0 aliphatic heterocycles. The predicted octanol–water partition coefficient (Wildman–Crippen LogP) is 8.17. The third-order valence-corrected chi connectivity index (χ3v) is 32.2. The van der Waals surface area contributed by atoms with Crippen LogP contribution in [0, 0.1) is 5.41 Å². The number of hydrogen-bond donors (Lipinski definition) is 0. The molecule has 4 rings (SSSR count). The van der Waals surface area contributed by atoms with E-state index in [2.05, 4.69) is 89.0 Å². The number of hydrogen-bond acceptors (Lipinski definition) is 0. The van der Waals surface area contributed by atoms with Crippen molar-refractivity contribution in [3.8, 4) is 0 Å². The Morgan fingerprint density at radius 2 is 1.29 bits per heavy atom. The first-order chi connectivity index (χ1) is 12.8. The van der Waals surface area contributed by atoms with Crippen LogP contribution in [0.3, 0.4) is 0 Å². The van der Waals surface area contributed by atoms with Gasteiger partial charge in [0.2, 0.25) is 0 Å². The van der Waals surface area contributed by atoms with Gasteiger partial charge in [-0.1, -0.05) is 0 Å². The van der Waals surface area contributed by atoms with E-state index in [0.29, 0.717) is 8.59 Å². The van der Waals surface area contributed by atoms with Crippen molar-refractivity contribution in [2.24, 2.45) is 5.41 Å². The monoisotopic (exact) mass is 542 g/mol. The molecule has 150 valence electrons. The number of rotatable bonds is 2. The van der Waals surface area contributed by atoms with E-state index in [1.165, 1.54) is 18.4 Å². The molecule has 0 radical (unpaired) electrons. The third-order valence-electron chi connectivity index (χ3n) is 9.60. The summed E-state index contributed by atoms with van der Waals surface area (Å²) >= 11 is -2.95. The summed E-state index contributed by atoms with van der Waals surface area (Å²) in [4.78, 5) is 0. The molecule has 28 heavy (non-hydrogen) atoms. The molecule has 1 aromatic rings. The summed E-state index contributed by atoms with van der Waals surface area (Å²) in [5.41, 5.74) is 13.2. The summed E-state index contributed by atoms with van der Waals surface area (Å²) < 4.78 is 5.98. The molecule has 0 aromatic heterocycles. The van der Waals surface area contributed by atoms with Crippen LogP contribution in [0.1, 0.15) is 77.6 Å². The van der Waals surface area contributed by atoms with E-state index in [0.717, 1.165) is 0 Å². The van der Waals surface area contributed by atoms with Crippen LogP contribution in [0.2, 0.25) is 12.5 Å². The van der Waals surface area contributed by atoms with Crippen molar-refractivity contribution < 1.29 is 20.0 Å². The summed E-state index contributed by atoms with van der Waals surface area (Å²) in [6.45, 7) is 19.6. The van der Waals surface area contributed by atoms with Crippen molar-refractivity contribution in [2.45, 2.75) is 83.9 Å². The second-order valence-electron chi connectivity index (χ2n) is 11.5. The topological polar surface area (TPSA) is 0 Å². The minimum absolute atomic E-state index is 0.242. The first-order valence-electron chi connectivity index (χ1n) is 11.0. The first kappa shape index (κ1) is 20.6. The summed E-state index contributed by atoms with van der Waals surface area (Å²) in [6.07, 6.45) is 7.52. The predicted molar refractivity (Wildman–Crippen MR) is 121 cm³/mol. The number of fused-ring (bicyclic) bond motifs is 2. The Labute approximate surface area is 177 Å². The first-order valence-corrected chi connectivity index (χ1v) is 21.8. The van der Waals surface area contributed by atoms with Gasteiger partial charge in [0.25, 0.3) is 0 Å². The van der Waals surface area contributed by atoms with Crippen LogP contribution >= 0.6 is 0 Å². The molecule has 0 saturated heterocycles. The van der Waals surface area contributed by atoms with Gasteiger partial charge in [0.05, 0.1) is 0 Å². The molecule has 0 amide bonds. The fourth-order valence-electron chi connectivity index (χ4n) is 6.66. The van der Waals surface area contributed by atoms with Crippen LogP contribution < -0.4 is 0 Å². The van der Waals surface area contributed by atoms with Gasteiger partial charge in [-0.05, 0) is 0 Å². The average Bonchev–Trinajstić information content (AvgIpc) is 3.15. The van der Waals surface area contributed by atoms with Crippen LogP contribution in [0.4, 0.5) is 0 Å². The minimum atomic E-state index is -2.95. The quantitative estimate of drug-likeness (QED) is 0.332. The molecule has 0 saturated carbocycles. The Hall–Kier alpha value is -0.690. The van der Waals surface area contributed by atoms with Crippen molar-refractivity contribution in [3.63, 3.8) is 0 Å². The second kappa shape index (κ2) is 5.93. The van der Waals surface area contributed by atoms with Gasteiger partial charge >= 0.3 is 178 Å². The van der Waals surface area contributed by atoms with Crippen molar-refractivity contribution >= 4 is 6.08 Å². The zero-order valence-corrected chi connectivity index (χ0v) is 23.3. The maximum atomic E-state index is 2.72. The molecule has 0 spiro atoms. The van der Waals surface area contributed by atoms with E-state index in [9.17, 15) is 0 Å². The number of allylic oxidation sites excluding steroid dienone is 5. The third kappa shape index (κ3) is 2.38. The Kier molecular flexibility index (Phi) is 4.36. The van der Waals surface area contributed by atoms with Gasteiger partial charge in [0.1, 0.15) is 0 Å². The molecule has 3 aliphatic rings. The average molecular weight is 541 g/mol. The molecule has 0 bridgehead atoms. The van der Waals surface area contributed by atoms with Gasteiger partial charge in [0, 0.05) is 0 Å². The molecule has 3 aliphatic carbocycles. The zero-order chi connectivity index (χ0) is 20.9. The normalized spacial score (nSPS) is 27.6. The van der Waals surface area contributed by atoms with Crippen LogP contribution in [0.25, 0.3) is 6.08 Å². The van der Waals surface area contributed by atoms with Crippen LogP contribution in [0.5, 0.6) is 0 Å². The fraction of sp³-hybridized carbons (Fsp3) is 0.556. The maximum absolute atomic E-state index is 2.95. The summed E-state index contributed by atoms with van der Waals surface area (Å²) in [5, 5.41) is 0. The molecule has 0 heterocycles. The van der Waals surface area contributed by atoms with E-state index < -0.39 is 20.0 Å². The molecular formula is C27H38Hf. The standard InChI is InChI=1S/C15H17.C10H15.2CH3.Hf/c1-10-4-5-11-6-12-8-15(2,3)9-13(12)7-14(10)11;1-6-7(2)9(4)10(5)8(6)3;;;/h4-7H,8-9H2,1-3H3;1-5H3;2*1H3;. The van der Waals surface area contributed by atoms with E-state index in [1.807, 2.05) is 0 Å². The molecule has 1 unspecified atom stereocenters.